The van der Waals surface area contributed by atoms with Crippen molar-refractivity contribution in [3.05, 3.63) is 24.3 Å². The lowest BCUT2D eigenvalue weighted by atomic mass is 10.0. The van der Waals surface area contributed by atoms with Crippen LogP contribution in [0.1, 0.15) is 26.7 Å². The first-order chi connectivity index (χ1) is 8.89. The number of sulfonamides is 1. The molecule has 0 atom stereocenters. The molecule has 0 saturated heterocycles. The Morgan fingerprint density at radius 3 is 2.42 bits per heavy atom. The predicted molar refractivity (Wildman–Crippen MR) is 82.9 cm³/mol. The van der Waals surface area contributed by atoms with Crippen LogP contribution >= 0.6 is 11.8 Å². The molecule has 0 bridgehead atoms. The van der Waals surface area contributed by atoms with Crippen LogP contribution in [-0.2, 0) is 10.0 Å². The molecule has 0 unspecified atom stereocenters. The number of anilines is 1. The number of rotatable bonds is 7. The summed E-state index contributed by atoms with van der Waals surface area (Å²) in [6.45, 7) is 4.59. The first-order valence-electron chi connectivity index (χ1n) is 6.29. The number of hydrogen-bond acceptors (Lipinski definition) is 4. The SMILES string of the molecule is CCC(CC)(CNS(=O)(=O)c1cccc(N)c1)SC. The van der Waals surface area contributed by atoms with E-state index in [9.17, 15) is 8.42 Å². The highest BCUT2D eigenvalue weighted by Gasteiger charge is 2.27. The lowest BCUT2D eigenvalue weighted by molar-refractivity contribution is 0.522. The van der Waals surface area contributed by atoms with E-state index in [0.29, 0.717) is 12.2 Å². The lowest BCUT2D eigenvalue weighted by Gasteiger charge is -2.29. The molecule has 1 rings (SSSR count). The Hall–Kier alpha value is -0.720. The maximum absolute atomic E-state index is 12.2. The minimum absolute atomic E-state index is 0.0482. The van der Waals surface area contributed by atoms with E-state index in [-0.39, 0.29) is 9.64 Å². The molecule has 0 heterocycles. The summed E-state index contributed by atoms with van der Waals surface area (Å²) in [5, 5.41) is 0. The van der Waals surface area contributed by atoms with Crippen LogP contribution in [0.15, 0.2) is 29.2 Å². The standard InChI is InChI=1S/C13H22N2O2S2/c1-4-13(5-2,18-3)10-15-19(16,17)12-8-6-7-11(14)9-12/h6-9,15H,4-5,10,14H2,1-3H3. The molecular weight excluding hydrogens is 280 g/mol. The average molecular weight is 302 g/mol. The molecule has 0 spiro atoms. The van der Waals surface area contributed by atoms with Crippen molar-refractivity contribution in [2.45, 2.75) is 36.3 Å². The highest BCUT2D eigenvalue weighted by atomic mass is 32.2. The van der Waals surface area contributed by atoms with Crippen molar-refractivity contribution in [3.8, 4) is 0 Å². The van der Waals surface area contributed by atoms with Crippen LogP contribution in [0.25, 0.3) is 0 Å². The van der Waals surface area contributed by atoms with Gasteiger partial charge in [-0.3, -0.25) is 0 Å². The van der Waals surface area contributed by atoms with E-state index >= 15 is 0 Å². The summed E-state index contributed by atoms with van der Waals surface area (Å²) in [6.07, 6.45) is 3.86. The van der Waals surface area contributed by atoms with Gasteiger partial charge >= 0.3 is 0 Å². The lowest BCUT2D eigenvalue weighted by Crippen LogP contribution is -2.39. The van der Waals surface area contributed by atoms with Crippen molar-refractivity contribution in [1.29, 1.82) is 0 Å². The number of nitrogens with one attached hydrogen (secondary N) is 1. The Morgan fingerprint density at radius 1 is 1.32 bits per heavy atom. The van der Waals surface area contributed by atoms with Gasteiger partial charge < -0.3 is 5.73 Å². The molecular formula is C13H22N2O2S2. The summed E-state index contributed by atoms with van der Waals surface area (Å²) in [5.41, 5.74) is 6.07. The molecule has 6 heteroatoms. The molecule has 0 aromatic heterocycles. The van der Waals surface area contributed by atoms with Gasteiger partial charge in [0, 0.05) is 17.0 Å². The van der Waals surface area contributed by atoms with Gasteiger partial charge in [-0.15, -0.1) is 0 Å². The molecule has 0 radical (unpaired) electrons. The van der Waals surface area contributed by atoms with E-state index in [2.05, 4.69) is 18.6 Å². The van der Waals surface area contributed by atoms with Gasteiger partial charge in [-0.2, -0.15) is 11.8 Å². The summed E-state index contributed by atoms with van der Waals surface area (Å²) >= 11 is 1.70. The fourth-order valence-corrected chi connectivity index (χ4v) is 3.92. The first kappa shape index (κ1) is 16.3. The Kier molecular flexibility index (Phi) is 5.70. The molecule has 108 valence electrons. The number of thioether (sulfide) groups is 1. The quantitative estimate of drug-likeness (QED) is 0.759. The van der Waals surface area contributed by atoms with Gasteiger partial charge in [-0.25, -0.2) is 13.1 Å². The monoisotopic (exact) mass is 302 g/mol. The molecule has 0 aliphatic rings. The second kappa shape index (κ2) is 6.63. The largest absolute Gasteiger partial charge is 0.399 e. The molecule has 1 aromatic carbocycles. The van der Waals surface area contributed by atoms with Crippen LogP contribution in [-0.4, -0.2) is 26.0 Å². The zero-order valence-corrected chi connectivity index (χ0v) is 13.3. The zero-order chi connectivity index (χ0) is 14.5. The van der Waals surface area contributed by atoms with Crippen molar-refractivity contribution in [2.24, 2.45) is 0 Å². The summed E-state index contributed by atoms with van der Waals surface area (Å²) in [5.74, 6) is 0. The van der Waals surface area contributed by atoms with E-state index < -0.39 is 10.0 Å². The van der Waals surface area contributed by atoms with E-state index in [1.54, 1.807) is 30.0 Å². The second-order valence-corrected chi connectivity index (χ2v) is 7.53. The van der Waals surface area contributed by atoms with Crippen LogP contribution < -0.4 is 10.5 Å². The topological polar surface area (TPSA) is 72.2 Å². The molecule has 19 heavy (non-hydrogen) atoms. The third-order valence-corrected chi connectivity index (χ3v) is 6.46. The molecule has 4 nitrogen and oxygen atoms in total. The Bertz CT molecular complexity index is 503. The molecule has 3 N–H and O–H groups in total. The minimum Gasteiger partial charge on any atom is -0.399 e. The third-order valence-electron chi connectivity index (χ3n) is 3.47. The van der Waals surface area contributed by atoms with E-state index in [1.807, 2.05) is 6.26 Å². The van der Waals surface area contributed by atoms with E-state index in [1.165, 1.54) is 6.07 Å². The molecule has 0 saturated carbocycles. The fraction of sp³-hybridized carbons (Fsp3) is 0.538. The van der Waals surface area contributed by atoms with Gasteiger partial charge in [0.05, 0.1) is 4.90 Å². The first-order valence-corrected chi connectivity index (χ1v) is 9.00. The zero-order valence-electron chi connectivity index (χ0n) is 11.6. The van der Waals surface area contributed by atoms with Gasteiger partial charge in [0.1, 0.15) is 0 Å². The van der Waals surface area contributed by atoms with Crippen LogP contribution in [0.3, 0.4) is 0 Å². The molecule has 0 aliphatic heterocycles. The summed E-state index contributed by atoms with van der Waals surface area (Å²) < 4.78 is 27.0. The molecule has 0 amide bonds. The smallest absolute Gasteiger partial charge is 0.240 e. The average Bonchev–Trinajstić information content (AvgIpc) is 2.41. The molecule has 0 fully saturated rings. The summed E-state index contributed by atoms with van der Waals surface area (Å²) in [7, 11) is -3.49. The van der Waals surface area contributed by atoms with E-state index in [0.717, 1.165) is 12.8 Å². The van der Waals surface area contributed by atoms with Crippen molar-refractivity contribution in [2.75, 3.05) is 18.5 Å². The second-order valence-electron chi connectivity index (χ2n) is 4.49. The van der Waals surface area contributed by atoms with Crippen molar-refractivity contribution < 1.29 is 8.42 Å². The van der Waals surface area contributed by atoms with Gasteiger partial charge in [-0.1, -0.05) is 19.9 Å². The number of benzene rings is 1. The van der Waals surface area contributed by atoms with Gasteiger partial charge in [0.15, 0.2) is 0 Å². The van der Waals surface area contributed by atoms with E-state index in [4.69, 9.17) is 5.73 Å². The molecule has 1 aromatic rings. The Labute approximate surface area is 120 Å². The van der Waals surface area contributed by atoms with Gasteiger partial charge in [-0.05, 0) is 37.3 Å². The highest BCUT2D eigenvalue weighted by molar-refractivity contribution is 8.00. The number of hydrogen-bond donors (Lipinski definition) is 2. The predicted octanol–water partition coefficient (Wildman–Crippen LogP) is 2.47. The van der Waals surface area contributed by atoms with Crippen LogP contribution in [0, 0.1) is 0 Å². The summed E-state index contributed by atoms with van der Waals surface area (Å²) in [6, 6.07) is 6.34. The maximum Gasteiger partial charge on any atom is 0.240 e. The Morgan fingerprint density at radius 2 is 1.95 bits per heavy atom. The number of nitrogen functional groups attached to an aromatic ring is 1. The third kappa shape index (κ3) is 4.12. The van der Waals surface area contributed by atoms with Crippen LogP contribution in [0.4, 0.5) is 5.69 Å². The van der Waals surface area contributed by atoms with Crippen molar-refractivity contribution >= 4 is 27.5 Å². The maximum atomic E-state index is 12.2. The molecule has 0 aliphatic carbocycles. The Balaban J connectivity index is 2.87. The van der Waals surface area contributed by atoms with Crippen molar-refractivity contribution in [1.82, 2.24) is 4.72 Å². The summed E-state index contributed by atoms with van der Waals surface area (Å²) in [4.78, 5) is 0.217. The van der Waals surface area contributed by atoms with Crippen molar-refractivity contribution in [3.63, 3.8) is 0 Å². The number of nitrogens with two attached hydrogens (primary N) is 1. The van der Waals surface area contributed by atoms with Gasteiger partial charge in [0.2, 0.25) is 10.0 Å². The minimum atomic E-state index is -3.49. The van der Waals surface area contributed by atoms with Crippen LogP contribution in [0.2, 0.25) is 0 Å². The van der Waals surface area contributed by atoms with Gasteiger partial charge in [0.25, 0.3) is 0 Å². The fourth-order valence-electron chi connectivity index (χ4n) is 1.85. The normalized spacial score (nSPS) is 12.6. The highest BCUT2D eigenvalue weighted by Crippen LogP contribution is 2.30. The van der Waals surface area contributed by atoms with Crippen LogP contribution in [0.5, 0.6) is 0 Å².